The van der Waals surface area contributed by atoms with Gasteiger partial charge in [-0.2, -0.15) is 8.78 Å². The van der Waals surface area contributed by atoms with Crippen LogP contribution in [0.3, 0.4) is 0 Å². The summed E-state index contributed by atoms with van der Waals surface area (Å²) in [5, 5.41) is 3.34. The second-order valence-electron chi connectivity index (χ2n) is 4.64. The van der Waals surface area contributed by atoms with Crippen LogP contribution < -0.4 is 15.8 Å². The maximum Gasteiger partial charge on any atom is 0.387 e. The summed E-state index contributed by atoms with van der Waals surface area (Å²) in [6.45, 7) is 2.63. The number of halogens is 3. The molecular weight excluding hydrogens is 274 g/mol. The molecule has 0 aromatic heterocycles. The van der Waals surface area contributed by atoms with Crippen molar-refractivity contribution in [3.05, 3.63) is 23.2 Å². The Hall–Kier alpha value is -1.07. The molecule has 3 nitrogen and oxygen atoms in total. The lowest BCUT2D eigenvalue weighted by Crippen LogP contribution is -2.27. The summed E-state index contributed by atoms with van der Waals surface area (Å²) < 4.78 is 28.4. The molecule has 0 aliphatic rings. The fraction of sp³-hybridized carbons (Fsp3) is 0.538. The first-order valence-electron chi connectivity index (χ1n) is 6.12. The fourth-order valence-electron chi connectivity index (χ4n) is 1.64. The van der Waals surface area contributed by atoms with Crippen LogP contribution in [0.25, 0.3) is 0 Å². The van der Waals surface area contributed by atoms with Crippen LogP contribution in [-0.4, -0.2) is 19.7 Å². The summed E-state index contributed by atoms with van der Waals surface area (Å²) in [6, 6.07) is 4.63. The molecule has 0 saturated heterocycles. The summed E-state index contributed by atoms with van der Waals surface area (Å²) >= 11 is 5.86. The summed E-state index contributed by atoms with van der Waals surface area (Å²) in [6.07, 6.45) is 0. The van der Waals surface area contributed by atoms with E-state index in [1.54, 1.807) is 12.1 Å². The predicted octanol–water partition coefficient (Wildman–Crippen LogP) is 3.58. The number of nitrogens with two attached hydrogens (primary N) is 1. The van der Waals surface area contributed by atoms with Gasteiger partial charge < -0.3 is 15.8 Å². The first-order chi connectivity index (χ1) is 8.93. The molecule has 0 amide bonds. The second-order valence-corrected chi connectivity index (χ2v) is 5.05. The molecule has 1 unspecified atom stereocenters. The van der Waals surface area contributed by atoms with Crippen LogP contribution >= 0.6 is 11.6 Å². The molecule has 108 valence electrons. The van der Waals surface area contributed by atoms with Gasteiger partial charge in [0.15, 0.2) is 0 Å². The zero-order valence-electron chi connectivity index (χ0n) is 11.0. The van der Waals surface area contributed by atoms with Gasteiger partial charge in [0, 0.05) is 12.2 Å². The minimum atomic E-state index is -2.88. The van der Waals surface area contributed by atoms with Crippen molar-refractivity contribution in [2.75, 3.05) is 18.4 Å². The van der Waals surface area contributed by atoms with E-state index in [9.17, 15) is 8.78 Å². The van der Waals surface area contributed by atoms with Crippen LogP contribution in [-0.2, 0) is 0 Å². The average molecular weight is 293 g/mol. The number of hydrogen-bond acceptors (Lipinski definition) is 3. The van der Waals surface area contributed by atoms with E-state index in [1.807, 2.05) is 0 Å². The van der Waals surface area contributed by atoms with Crippen molar-refractivity contribution in [1.82, 2.24) is 0 Å². The minimum absolute atomic E-state index is 0.0264. The molecule has 0 spiro atoms. The third kappa shape index (κ3) is 5.20. The van der Waals surface area contributed by atoms with Crippen LogP contribution in [0.4, 0.5) is 14.5 Å². The molecule has 6 heteroatoms. The molecule has 19 heavy (non-hydrogen) atoms. The van der Waals surface area contributed by atoms with Crippen molar-refractivity contribution in [1.29, 1.82) is 0 Å². The number of alkyl halides is 2. The minimum Gasteiger partial charge on any atom is -0.433 e. The Morgan fingerprint density at radius 1 is 1.37 bits per heavy atom. The molecule has 0 aliphatic carbocycles. The molecule has 1 atom stereocenters. The lowest BCUT2D eigenvalue weighted by molar-refractivity contribution is -0.0497. The Kier molecular flexibility index (Phi) is 6.31. The highest BCUT2D eigenvalue weighted by atomic mass is 35.5. The van der Waals surface area contributed by atoms with Crippen LogP contribution in [0.15, 0.2) is 18.2 Å². The Morgan fingerprint density at radius 3 is 2.53 bits per heavy atom. The Labute approximate surface area is 117 Å². The van der Waals surface area contributed by atoms with E-state index in [2.05, 4.69) is 23.9 Å². The van der Waals surface area contributed by atoms with Crippen molar-refractivity contribution in [2.45, 2.75) is 20.5 Å². The molecule has 0 radical (unpaired) electrons. The number of benzene rings is 1. The van der Waals surface area contributed by atoms with Crippen molar-refractivity contribution in [3.63, 3.8) is 0 Å². The molecule has 0 saturated carbocycles. The van der Waals surface area contributed by atoms with Gasteiger partial charge in [-0.05, 0) is 36.6 Å². The van der Waals surface area contributed by atoms with E-state index in [0.29, 0.717) is 24.9 Å². The fourth-order valence-corrected chi connectivity index (χ4v) is 1.87. The number of hydrogen-bond donors (Lipinski definition) is 2. The maximum absolute atomic E-state index is 12.1. The smallest absolute Gasteiger partial charge is 0.387 e. The predicted molar refractivity (Wildman–Crippen MR) is 74.0 cm³/mol. The lowest BCUT2D eigenvalue weighted by Gasteiger charge is -2.20. The Bertz CT molecular complexity index is 402. The standard InChI is InChI=1S/C13H19ClF2N2O/c1-8(2)9(6-17)7-18-10-3-4-12(11(14)5-10)19-13(15)16/h3-5,8-9,13,18H,6-7,17H2,1-2H3. The molecule has 1 aromatic carbocycles. The Morgan fingerprint density at radius 2 is 2.05 bits per heavy atom. The van der Waals surface area contributed by atoms with Crippen molar-refractivity contribution < 1.29 is 13.5 Å². The van der Waals surface area contributed by atoms with E-state index in [4.69, 9.17) is 17.3 Å². The van der Waals surface area contributed by atoms with Gasteiger partial charge in [0.2, 0.25) is 0 Å². The molecule has 0 fully saturated rings. The van der Waals surface area contributed by atoms with Gasteiger partial charge in [0.25, 0.3) is 0 Å². The van der Waals surface area contributed by atoms with Gasteiger partial charge in [-0.3, -0.25) is 0 Å². The summed E-state index contributed by atoms with van der Waals surface area (Å²) in [4.78, 5) is 0. The van der Waals surface area contributed by atoms with Gasteiger partial charge >= 0.3 is 6.61 Å². The van der Waals surface area contributed by atoms with Crippen LogP contribution in [0.5, 0.6) is 5.75 Å². The first kappa shape index (κ1) is 16.0. The third-order valence-electron chi connectivity index (χ3n) is 2.96. The average Bonchev–Trinajstić information content (AvgIpc) is 2.32. The molecule has 3 N–H and O–H groups in total. The SMILES string of the molecule is CC(C)C(CN)CNc1ccc(OC(F)F)c(Cl)c1. The quantitative estimate of drug-likeness (QED) is 0.807. The van der Waals surface area contributed by atoms with Gasteiger partial charge in [-0.1, -0.05) is 25.4 Å². The number of ether oxygens (including phenoxy) is 1. The molecule has 1 rings (SSSR count). The monoisotopic (exact) mass is 292 g/mol. The highest BCUT2D eigenvalue weighted by Gasteiger charge is 2.12. The molecule has 0 aliphatic heterocycles. The molecule has 0 heterocycles. The summed E-state index contributed by atoms with van der Waals surface area (Å²) in [7, 11) is 0. The van der Waals surface area contributed by atoms with Gasteiger partial charge in [-0.25, -0.2) is 0 Å². The van der Waals surface area contributed by atoms with Gasteiger partial charge in [0.1, 0.15) is 5.75 Å². The molecule has 0 bridgehead atoms. The number of anilines is 1. The van der Waals surface area contributed by atoms with Crippen LogP contribution in [0, 0.1) is 11.8 Å². The topological polar surface area (TPSA) is 47.3 Å². The van der Waals surface area contributed by atoms with Crippen LogP contribution in [0.2, 0.25) is 5.02 Å². The summed E-state index contributed by atoms with van der Waals surface area (Å²) in [5.74, 6) is 0.784. The van der Waals surface area contributed by atoms with Crippen molar-refractivity contribution in [3.8, 4) is 5.75 Å². The number of rotatable bonds is 7. The van der Waals surface area contributed by atoms with E-state index in [1.165, 1.54) is 6.07 Å². The first-order valence-corrected chi connectivity index (χ1v) is 6.50. The van der Waals surface area contributed by atoms with Gasteiger partial charge in [-0.15, -0.1) is 0 Å². The third-order valence-corrected chi connectivity index (χ3v) is 3.26. The maximum atomic E-state index is 12.1. The zero-order chi connectivity index (χ0) is 14.4. The van der Waals surface area contributed by atoms with Crippen molar-refractivity contribution in [2.24, 2.45) is 17.6 Å². The van der Waals surface area contributed by atoms with Crippen molar-refractivity contribution >= 4 is 17.3 Å². The summed E-state index contributed by atoms with van der Waals surface area (Å²) in [5.41, 5.74) is 6.43. The largest absolute Gasteiger partial charge is 0.433 e. The molecule has 1 aromatic rings. The second kappa shape index (κ2) is 7.50. The highest BCUT2D eigenvalue weighted by molar-refractivity contribution is 6.32. The van der Waals surface area contributed by atoms with E-state index in [-0.39, 0.29) is 10.8 Å². The van der Waals surface area contributed by atoms with Gasteiger partial charge in [0.05, 0.1) is 5.02 Å². The zero-order valence-corrected chi connectivity index (χ0v) is 11.8. The normalized spacial score (nSPS) is 12.8. The molecular formula is C13H19ClF2N2O. The van der Waals surface area contributed by atoms with E-state index < -0.39 is 6.61 Å². The van der Waals surface area contributed by atoms with E-state index in [0.717, 1.165) is 5.69 Å². The Balaban J connectivity index is 2.63. The lowest BCUT2D eigenvalue weighted by atomic mass is 9.96. The highest BCUT2D eigenvalue weighted by Crippen LogP contribution is 2.29. The number of nitrogens with one attached hydrogen (secondary N) is 1. The van der Waals surface area contributed by atoms with E-state index >= 15 is 0 Å². The van der Waals surface area contributed by atoms with Crippen LogP contribution in [0.1, 0.15) is 13.8 Å².